The second-order valence-corrected chi connectivity index (χ2v) is 7.87. The molecule has 0 radical (unpaired) electrons. The van der Waals surface area contributed by atoms with Crippen molar-refractivity contribution in [2.45, 2.75) is 20.3 Å². The average Bonchev–Trinajstić information content (AvgIpc) is 3.11. The van der Waals surface area contributed by atoms with Gasteiger partial charge in [0.2, 0.25) is 5.91 Å². The molecule has 2 heterocycles. The minimum absolute atomic E-state index is 0.0536. The van der Waals surface area contributed by atoms with Crippen LogP contribution >= 0.6 is 34.3 Å². The highest BCUT2D eigenvalue weighted by Gasteiger charge is 2.11. The number of amides is 1. The number of halogens is 1. The number of carbonyl (C=O) groups is 1. The summed E-state index contributed by atoms with van der Waals surface area (Å²) in [4.78, 5) is 17.7. The summed E-state index contributed by atoms with van der Waals surface area (Å²) in [5.41, 5.74) is 4.21. The number of aryl methyl sites for hydroxylation is 2. The van der Waals surface area contributed by atoms with Gasteiger partial charge in [-0.05, 0) is 37.1 Å². The maximum atomic E-state index is 12.2. The van der Waals surface area contributed by atoms with Crippen molar-refractivity contribution in [3.63, 3.8) is 0 Å². The van der Waals surface area contributed by atoms with Crippen molar-refractivity contribution in [1.82, 2.24) is 4.98 Å². The number of hydrogen-bond donors (Lipinski definition) is 1. The molecule has 1 aromatic carbocycles. The minimum Gasteiger partial charge on any atom is -0.302 e. The zero-order chi connectivity index (χ0) is 16.4. The van der Waals surface area contributed by atoms with Gasteiger partial charge >= 0.3 is 0 Å². The fraction of sp³-hybridized carbons (Fsp3) is 0.176. The van der Waals surface area contributed by atoms with Crippen molar-refractivity contribution < 1.29 is 4.79 Å². The van der Waals surface area contributed by atoms with Gasteiger partial charge in [0.15, 0.2) is 5.13 Å². The number of thiophene rings is 1. The zero-order valence-electron chi connectivity index (χ0n) is 12.7. The number of benzene rings is 1. The molecule has 1 N–H and O–H groups in total. The molecule has 0 spiro atoms. The van der Waals surface area contributed by atoms with Crippen LogP contribution in [0, 0.1) is 13.8 Å². The second-order valence-electron chi connectivity index (χ2n) is 5.30. The molecule has 2 aromatic heterocycles. The molecule has 0 bridgehead atoms. The Hall–Kier alpha value is -1.69. The highest BCUT2D eigenvalue weighted by Crippen LogP contribution is 2.32. The number of rotatable bonds is 4. The molecule has 3 aromatic rings. The fourth-order valence-electron chi connectivity index (χ4n) is 2.28. The zero-order valence-corrected chi connectivity index (χ0v) is 15.1. The van der Waals surface area contributed by atoms with Crippen molar-refractivity contribution >= 4 is 45.3 Å². The summed E-state index contributed by atoms with van der Waals surface area (Å²) in [6, 6.07) is 9.90. The molecule has 0 aliphatic heterocycles. The van der Waals surface area contributed by atoms with E-state index in [0.29, 0.717) is 11.6 Å². The first-order valence-electron chi connectivity index (χ1n) is 7.08. The first-order valence-corrected chi connectivity index (χ1v) is 9.16. The molecular weight excluding hydrogens is 348 g/mol. The standard InChI is InChI=1S/C17H15ClN2OS2/c1-10-3-4-12(11(2)7-10)8-16(21)20-17-19-13(9-22-17)14-5-6-15(18)23-14/h3-7,9H,8H2,1-2H3,(H,19,20,21). The summed E-state index contributed by atoms with van der Waals surface area (Å²) >= 11 is 8.84. The quantitative estimate of drug-likeness (QED) is 0.682. The molecule has 23 heavy (non-hydrogen) atoms. The van der Waals surface area contributed by atoms with Crippen molar-refractivity contribution in [2.75, 3.05) is 5.32 Å². The van der Waals surface area contributed by atoms with Gasteiger partial charge in [0.1, 0.15) is 0 Å². The van der Waals surface area contributed by atoms with E-state index in [4.69, 9.17) is 11.6 Å². The van der Waals surface area contributed by atoms with E-state index in [-0.39, 0.29) is 5.91 Å². The van der Waals surface area contributed by atoms with Crippen LogP contribution in [0.25, 0.3) is 10.6 Å². The van der Waals surface area contributed by atoms with Crippen LogP contribution in [-0.4, -0.2) is 10.9 Å². The van der Waals surface area contributed by atoms with E-state index in [1.54, 1.807) is 0 Å². The fourth-order valence-corrected chi connectivity index (χ4v) is 4.08. The summed E-state index contributed by atoms with van der Waals surface area (Å²) in [5, 5.41) is 5.41. The topological polar surface area (TPSA) is 42.0 Å². The number of nitrogens with one attached hydrogen (secondary N) is 1. The van der Waals surface area contributed by atoms with Gasteiger partial charge < -0.3 is 5.32 Å². The summed E-state index contributed by atoms with van der Waals surface area (Å²) in [5.74, 6) is -0.0536. The molecule has 0 atom stereocenters. The van der Waals surface area contributed by atoms with E-state index in [2.05, 4.69) is 16.4 Å². The Kier molecular flexibility index (Phi) is 4.80. The number of aromatic nitrogens is 1. The monoisotopic (exact) mass is 362 g/mol. The van der Waals surface area contributed by atoms with Crippen molar-refractivity contribution in [3.8, 4) is 10.6 Å². The number of hydrogen-bond acceptors (Lipinski definition) is 4. The first kappa shape index (κ1) is 16.2. The van der Waals surface area contributed by atoms with Gasteiger partial charge in [0.05, 0.1) is 21.3 Å². The lowest BCUT2D eigenvalue weighted by Crippen LogP contribution is -2.14. The number of nitrogens with zero attached hydrogens (tertiary/aromatic N) is 1. The maximum absolute atomic E-state index is 12.2. The molecule has 0 fully saturated rings. The Balaban J connectivity index is 1.67. The van der Waals surface area contributed by atoms with Crippen molar-refractivity contribution in [1.29, 1.82) is 0 Å². The van der Waals surface area contributed by atoms with E-state index in [9.17, 15) is 4.79 Å². The Morgan fingerprint density at radius 1 is 1.26 bits per heavy atom. The van der Waals surface area contributed by atoms with E-state index in [0.717, 1.165) is 26.0 Å². The predicted octanol–water partition coefficient (Wildman–Crippen LogP) is 5.32. The van der Waals surface area contributed by atoms with Gasteiger partial charge in [-0.1, -0.05) is 35.4 Å². The van der Waals surface area contributed by atoms with Crippen molar-refractivity contribution in [2.24, 2.45) is 0 Å². The number of carbonyl (C=O) groups excluding carboxylic acids is 1. The average molecular weight is 363 g/mol. The Bertz CT molecular complexity index is 854. The van der Waals surface area contributed by atoms with Crippen LogP contribution in [0.4, 0.5) is 5.13 Å². The third kappa shape index (κ3) is 3.99. The Morgan fingerprint density at radius 2 is 2.09 bits per heavy atom. The summed E-state index contributed by atoms with van der Waals surface area (Å²) in [6.07, 6.45) is 0.353. The molecule has 3 rings (SSSR count). The van der Waals surface area contributed by atoms with Gasteiger partial charge in [-0.2, -0.15) is 0 Å². The van der Waals surface area contributed by atoms with E-state index in [1.165, 1.54) is 28.2 Å². The van der Waals surface area contributed by atoms with Gasteiger partial charge in [0.25, 0.3) is 0 Å². The van der Waals surface area contributed by atoms with Crippen LogP contribution in [0.15, 0.2) is 35.7 Å². The van der Waals surface area contributed by atoms with Crippen molar-refractivity contribution in [3.05, 3.63) is 56.7 Å². The predicted molar refractivity (Wildman–Crippen MR) is 98.7 cm³/mol. The lowest BCUT2D eigenvalue weighted by Gasteiger charge is -2.06. The molecule has 6 heteroatoms. The highest BCUT2D eigenvalue weighted by molar-refractivity contribution is 7.20. The van der Waals surface area contributed by atoms with Crippen LogP contribution in [0.3, 0.4) is 0 Å². The minimum atomic E-state index is -0.0536. The Labute approximate surface area is 148 Å². The molecule has 0 saturated carbocycles. The van der Waals surface area contributed by atoms with Gasteiger partial charge in [-0.3, -0.25) is 4.79 Å². The van der Waals surface area contributed by atoms with E-state index in [1.807, 2.05) is 43.5 Å². The third-order valence-electron chi connectivity index (χ3n) is 3.43. The summed E-state index contributed by atoms with van der Waals surface area (Å²) in [6.45, 7) is 4.07. The first-order chi connectivity index (χ1) is 11.0. The molecule has 0 aliphatic rings. The highest BCUT2D eigenvalue weighted by atomic mass is 35.5. The smallest absolute Gasteiger partial charge is 0.230 e. The third-order valence-corrected chi connectivity index (χ3v) is 5.44. The molecule has 118 valence electrons. The van der Waals surface area contributed by atoms with Gasteiger partial charge in [0, 0.05) is 5.38 Å². The molecular formula is C17H15ClN2OS2. The van der Waals surface area contributed by atoms with Crippen LogP contribution in [-0.2, 0) is 11.2 Å². The van der Waals surface area contributed by atoms with E-state index < -0.39 is 0 Å². The second kappa shape index (κ2) is 6.83. The summed E-state index contributed by atoms with van der Waals surface area (Å²) in [7, 11) is 0. The number of thiazole rings is 1. The molecule has 1 amide bonds. The molecule has 0 unspecified atom stereocenters. The lowest BCUT2D eigenvalue weighted by molar-refractivity contribution is -0.115. The summed E-state index contributed by atoms with van der Waals surface area (Å²) < 4.78 is 0.730. The SMILES string of the molecule is Cc1ccc(CC(=O)Nc2nc(-c3ccc(Cl)s3)cs2)c(C)c1. The van der Waals surface area contributed by atoms with Crippen LogP contribution in [0.1, 0.15) is 16.7 Å². The van der Waals surface area contributed by atoms with Crippen LogP contribution in [0.2, 0.25) is 4.34 Å². The lowest BCUT2D eigenvalue weighted by atomic mass is 10.0. The largest absolute Gasteiger partial charge is 0.302 e. The van der Waals surface area contributed by atoms with Crippen LogP contribution < -0.4 is 5.32 Å². The van der Waals surface area contributed by atoms with Crippen LogP contribution in [0.5, 0.6) is 0 Å². The maximum Gasteiger partial charge on any atom is 0.230 e. The van der Waals surface area contributed by atoms with Gasteiger partial charge in [-0.15, -0.1) is 22.7 Å². The van der Waals surface area contributed by atoms with E-state index >= 15 is 0 Å². The molecule has 3 nitrogen and oxygen atoms in total. The molecule has 0 saturated heterocycles. The molecule has 0 aliphatic carbocycles. The van der Waals surface area contributed by atoms with Gasteiger partial charge in [-0.25, -0.2) is 4.98 Å². The normalized spacial score (nSPS) is 10.7. The number of anilines is 1. The Morgan fingerprint density at radius 3 is 2.78 bits per heavy atom.